The van der Waals surface area contributed by atoms with Gasteiger partial charge in [0.15, 0.2) is 0 Å². The zero-order chi connectivity index (χ0) is 18.4. The zero-order valence-electron chi connectivity index (χ0n) is 13.7. The van der Waals surface area contributed by atoms with Crippen molar-refractivity contribution in [3.05, 3.63) is 107 Å². The van der Waals surface area contributed by atoms with Crippen molar-refractivity contribution in [3.8, 4) is 0 Å². The van der Waals surface area contributed by atoms with E-state index >= 15 is 0 Å². The number of hydrogen-bond acceptors (Lipinski definition) is 2. The van der Waals surface area contributed by atoms with Crippen LogP contribution in [0.15, 0.2) is 95.1 Å². The Kier molecular flexibility index (Phi) is 5.27. The van der Waals surface area contributed by atoms with Crippen molar-refractivity contribution in [2.24, 2.45) is 10.2 Å². The molecule has 0 aliphatic rings. The summed E-state index contributed by atoms with van der Waals surface area (Å²) < 4.78 is 39.2. The molecule has 26 heavy (non-hydrogen) atoms. The summed E-state index contributed by atoms with van der Waals surface area (Å²) >= 11 is 0. The maximum absolute atomic E-state index is 13.1. The van der Waals surface area contributed by atoms with Gasteiger partial charge in [0.2, 0.25) is 0 Å². The van der Waals surface area contributed by atoms with Gasteiger partial charge in [0, 0.05) is 16.7 Å². The molecule has 0 radical (unpaired) electrons. The number of hydrogen-bond donors (Lipinski definition) is 0. The Hall–Kier alpha value is -3.21. The maximum Gasteiger partial charge on any atom is 0.417 e. The number of nitrogens with zero attached hydrogens (tertiary/aromatic N) is 2. The smallest absolute Gasteiger partial charge is 0.166 e. The van der Waals surface area contributed by atoms with Crippen LogP contribution in [0.25, 0.3) is 0 Å². The van der Waals surface area contributed by atoms with E-state index in [9.17, 15) is 13.2 Å². The van der Waals surface area contributed by atoms with Crippen LogP contribution in [-0.4, -0.2) is 11.9 Å². The molecule has 0 heterocycles. The molecular weight excluding hydrogens is 337 g/mol. The lowest BCUT2D eigenvalue weighted by atomic mass is 10.0. The molecule has 0 aliphatic carbocycles. The first-order valence-electron chi connectivity index (χ1n) is 7.94. The Morgan fingerprint density at radius 2 is 1.19 bits per heavy atom. The van der Waals surface area contributed by atoms with Gasteiger partial charge < -0.3 is 0 Å². The molecule has 0 spiro atoms. The quantitative estimate of drug-likeness (QED) is 0.433. The number of rotatable bonds is 4. The molecule has 0 saturated carbocycles. The predicted molar refractivity (Wildman–Crippen MR) is 97.6 cm³/mol. The minimum atomic E-state index is -4.44. The average molecular weight is 352 g/mol. The van der Waals surface area contributed by atoms with Gasteiger partial charge in [-0.1, -0.05) is 78.9 Å². The molecule has 5 heteroatoms. The predicted octanol–water partition coefficient (Wildman–Crippen LogP) is 5.58. The first-order chi connectivity index (χ1) is 12.6. The minimum absolute atomic E-state index is 0.0239. The van der Waals surface area contributed by atoms with Crippen molar-refractivity contribution in [1.82, 2.24) is 0 Å². The average Bonchev–Trinajstić information content (AvgIpc) is 2.66. The highest BCUT2D eigenvalue weighted by Crippen LogP contribution is 2.31. The van der Waals surface area contributed by atoms with Gasteiger partial charge >= 0.3 is 6.18 Å². The van der Waals surface area contributed by atoms with Gasteiger partial charge in [0.05, 0.1) is 11.8 Å². The third kappa shape index (κ3) is 4.25. The standard InChI is InChI=1S/C21H15F3N2/c22-21(23,24)19-14-8-7-13-18(19)15-25-26-20(16-9-3-1-4-10-16)17-11-5-2-6-12-17/h1-15H/b25-15+. The normalized spacial score (nSPS) is 11.5. The van der Waals surface area contributed by atoms with E-state index in [2.05, 4.69) is 10.2 Å². The fraction of sp³-hybridized carbons (Fsp3) is 0.0476. The Balaban J connectivity index is 1.99. The molecule has 0 atom stereocenters. The van der Waals surface area contributed by atoms with E-state index in [-0.39, 0.29) is 5.56 Å². The molecule has 3 aromatic rings. The highest BCUT2D eigenvalue weighted by Gasteiger charge is 2.32. The van der Waals surface area contributed by atoms with E-state index in [1.807, 2.05) is 60.7 Å². The second-order valence-electron chi connectivity index (χ2n) is 5.51. The summed E-state index contributed by atoms with van der Waals surface area (Å²) in [5, 5.41) is 8.13. The van der Waals surface area contributed by atoms with Crippen molar-refractivity contribution in [3.63, 3.8) is 0 Å². The van der Waals surface area contributed by atoms with Crippen molar-refractivity contribution < 1.29 is 13.2 Å². The molecule has 0 aliphatic heterocycles. The minimum Gasteiger partial charge on any atom is -0.166 e. The SMILES string of the molecule is FC(F)(F)c1ccccc1/C=N/N=C(c1ccccc1)c1ccccc1. The van der Waals surface area contributed by atoms with Gasteiger partial charge in [-0.15, -0.1) is 5.10 Å². The number of alkyl halides is 3. The van der Waals surface area contributed by atoms with Crippen LogP contribution >= 0.6 is 0 Å². The molecule has 0 aromatic heterocycles. The van der Waals surface area contributed by atoms with Crippen molar-refractivity contribution in [1.29, 1.82) is 0 Å². The maximum atomic E-state index is 13.1. The lowest BCUT2D eigenvalue weighted by Crippen LogP contribution is -2.08. The van der Waals surface area contributed by atoms with Gasteiger partial charge in [-0.3, -0.25) is 0 Å². The third-order valence-electron chi connectivity index (χ3n) is 3.72. The molecule has 0 N–H and O–H groups in total. The lowest BCUT2D eigenvalue weighted by molar-refractivity contribution is -0.137. The number of benzene rings is 3. The topological polar surface area (TPSA) is 24.7 Å². The van der Waals surface area contributed by atoms with E-state index in [1.165, 1.54) is 18.2 Å². The van der Waals surface area contributed by atoms with Crippen LogP contribution in [0.2, 0.25) is 0 Å². The van der Waals surface area contributed by atoms with Crippen LogP contribution < -0.4 is 0 Å². The molecule has 3 rings (SSSR count). The Labute approximate surface area is 149 Å². The molecule has 2 nitrogen and oxygen atoms in total. The van der Waals surface area contributed by atoms with E-state index in [0.717, 1.165) is 23.4 Å². The first-order valence-corrected chi connectivity index (χ1v) is 7.94. The fourth-order valence-electron chi connectivity index (χ4n) is 2.49. The summed E-state index contributed by atoms with van der Waals surface area (Å²) in [6.45, 7) is 0. The summed E-state index contributed by atoms with van der Waals surface area (Å²) in [4.78, 5) is 0. The van der Waals surface area contributed by atoms with Crippen molar-refractivity contribution in [2.45, 2.75) is 6.18 Å². The van der Waals surface area contributed by atoms with Crippen LogP contribution in [0.3, 0.4) is 0 Å². The van der Waals surface area contributed by atoms with Gasteiger partial charge in [-0.05, 0) is 6.07 Å². The van der Waals surface area contributed by atoms with Crippen molar-refractivity contribution >= 4 is 11.9 Å². The summed E-state index contributed by atoms with van der Waals surface area (Å²) in [6, 6.07) is 24.1. The van der Waals surface area contributed by atoms with Gasteiger partial charge in [0.1, 0.15) is 5.71 Å². The summed E-state index contributed by atoms with van der Waals surface area (Å²) in [7, 11) is 0. The van der Waals surface area contributed by atoms with E-state index in [0.29, 0.717) is 5.71 Å². The van der Waals surface area contributed by atoms with E-state index < -0.39 is 11.7 Å². The molecule has 130 valence electrons. The Morgan fingerprint density at radius 1 is 0.692 bits per heavy atom. The van der Waals surface area contributed by atoms with Crippen LogP contribution in [-0.2, 0) is 6.18 Å². The Bertz CT molecular complexity index is 873. The number of halogens is 3. The zero-order valence-corrected chi connectivity index (χ0v) is 13.7. The highest BCUT2D eigenvalue weighted by molar-refractivity contribution is 6.12. The second-order valence-corrected chi connectivity index (χ2v) is 5.51. The van der Waals surface area contributed by atoms with Gasteiger partial charge in [0.25, 0.3) is 0 Å². The molecule has 0 bridgehead atoms. The molecule has 3 aromatic carbocycles. The fourth-order valence-corrected chi connectivity index (χ4v) is 2.49. The summed E-state index contributed by atoms with van der Waals surface area (Å²) in [5.41, 5.74) is 1.50. The molecule has 0 amide bonds. The van der Waals surface area contributed by atoms with Crippen LogP contribution in [0.4, 0.5) is 13.2 Å². The summed E-state index contributed by atoms with van der Waals surface area (Å²) in [5.74, 6) is 0. The molecule has 0 fully saturated rings. The molecular formula is C21H15F3N2. The van der Waals surface area contributed by atoms with Crippen LogP contribution in [0, 0.1) is 0 Å². The van der Waals surface area contributed by atoms with Crippen LogP contribution in [0.5, 0.6) is 0 Å². The largest absolute Gasteiger partial charge is 0.417 e. The van der Waals surface area contributed by atoms with Gasteiger partial charge in [-0.2, -0.15) is 18.3 Å². The molecule has 0 saturated heterocycles. The summed E-state index contributed by atoms with van der Waals surface area (Å²) in [6.07, 6.45) is -3.30. The first kappa shape index (κ1) is 17.6. The van der Waals surface area contributed by atoms with Gasteiger partial charge in [-0.25, -0.2) is 0 Å². The van der Waals surface area contributed by atoms with Crippen LogP contribution in [0.1, 0.15) is 22.3 Å². The second kappa shape index (κ2) is 7.78. The third-order valence-corrected chi connectivity index (χ3v) is 3.72. The Morgan fingerprint density at radius 3 is 1.73 bits per heavy atom. The lowest BCUT2D eigenvalue weighted by Gasteiger charge is -2.09. The molecule has 0 unspecified atom stereocenters. The van der Waals surface area contributed by atoms with E-state index in [1.54, 1.807) is 0 Å². The highest BCUT2D eigenvalue weighted by atomic mass is 19.4. The monoisotopic (exact) mass is 352 g/mol. The van der Waals surface area contributed by atoms with E-state index in [4.69, 9.17) is 0 Å². The van der Waals surface area contributed by atoms with Crippen molar-refractivity contribution in [2.75, 3.05) is 0 Å².